The van der Waals surface area contributed by atoms with Gasteiger partial charge in [-0.3, -0.25) is 9.59 Å². The molecule has 8 nitrogen and oxygen atoms in total. The number of methoxy groups -OCH3 is 2. The van der Waals surface area contributed by atoms with Gasteiger partial charge in [0.1, 0.15) is 12.1 Å². The molecule has 1 aliphatic rings. The van der Waals surface area contributed by atoms with Gasteiger partial charge in [-0.15, -0.1) is 0 Å². The molecule has 2 atom stereocenters. The fourth-order valence-electron chi connectivity index (χ4n) is 2.40. The molecule has 0 unspecified atom stereocenters. The van der Waals surface area contributed by atoms with Gasteiger partial charge in [0.25, 0.3) is 0 Å². The standard InChI is InChI=1S/C15H19N3O5/c1-22-14-9(4-3-7-16-14)8-11(15(21)23-2)18-13(20)10-5-6-12(19)17-10/h3-4,7,10-11H,5-6,8H2,1-2H3,(H,17,19)(H,18,20)/t10-,11-/m1/s1. The summed E-state index contributed by atoms with van der Waals surface area (Å²) in [4.78, 5) is 39.4. The number of nitrogens with one attached hydrogen (secondary N) is 2. The first-order chi connectivity index (χ1) is 11.0. The summed E-state index contributed by atoms with van der Waals surface area (Å²) in [6.45, 7) is 0. The quantitative estimate of drug-likeness (QED) is 0.689. The van der Waals surface area contributed by atoms with E-state index in [-0.39, 0.29) is 12.3 Å². The highest BCUT2D eigenvalue weighted by atomic mass is 16.5. The van der Waals surface area contributed by atoms with Crippen LogP contribution in [0.5, 0.6) is 5.88 Å². The molecule has 2 heterocycles. The molecule has 1 aliphatic heterocycles. The summed E-state index contributed by atoms with van der Waals surface area (Å²) in [5.41, 5.74) is 0.668. The Balaban J connectivity index is 2.09. The van der Waals surface area contributed by atoms with E-state index in [2.05, 4.69) is 15.6 Å². The Hall–Kier alpha value is -2.64. The maximum absolute atomic E-state index is 12.2. The molecule has 2 N–H and O–H groups in total. The predicted octanol–water partition coefficient (Wildman–Crippen LogP) is -0.431. The van der Waals surface area contributed by atoms with Crippen LogP contribution < -0.4 is 15.4 Å². The predicted molar refractivity (Wildman–Crippen MR) is 79.6 cm³/mol. The number of esters is 1. The van der Waals surface area contributed by atoms with Crippen LogP contribution >= 0.6 is 0 Å². The van der Waals surface area contributed by atoms with Gasteiger partial charge in [0.15, 0.2) is 0 Å². The van der Waals surface area contributed by atoms with E-state index in [0.717, 1.165) is 0 Å². The highest BCUT2D eigenvalue weighted by Gasteiger charge is 2.31. The molecule has 124 valence electrons. The smallest absolute Gasteiger partial charge is 0.328 e. The van der Waals surface area contributed by atoms with Gasteiger partial charge in [0, 0.05) is 24.6 Å². The maximum atomic E-state index is 12.2. The molecule has 0 aromatic carbocycles. The second kappa shape index (κ2) is 7.57. The Labute approximate surface area is 133 Å². The lowest BCUT2D eigenvalue weighted by molar-refractivity contribution is -0.145. The van der Waals surface area contributed by atoms with Gasteiger partial charge >= 0.3 is 5.97 Å². The molecule has 1 aromatic heterocycles. The molecule has 1 aromatic rings. The molecule has 0 radical (unpaired) electrons. The molecule has 1 saturated heterocycles. The van der Waals surface area contributed by atoms with E-state index in [1.165, 1.54) is 14.2 Å². The SMILES string of the molecule is COC(=O)[C@@H](Cc1cccnc1OC)NC(=O)[C@H]1CCC(=O)N1. The Morgan fingerprint density at radius 3 is 2.87 bits per heavy atom. The second-order valence-corrected chi connectivity index (χ2v) is 5.12. The van der Waals surface area contributed by atoms with E-state index >= 15 is 0 Å². The molecular formula is C15H19N3O5. The van der Waals surface area contributed by atoms with E-state index in [1.54, 1.807) is 18.3 Å². The van der Waals surface area contributed by atoms with Crippen LogP contribution in [0.25, 0.3) is 0 Å². The van der Waals surface area contributed by atoms with Crippen molar-refractivity contribution in [1.82, 2.24) is 15.6 Å². The molecule has 23 heavy (non-hydrogen) atoms. The zero-order valence-electron chi connectivity index (χ0n) is 13.0. The van der Waals surface area contributed by atoms with Crippen LogP contribution in [0.2, 0.25) is 0 Å². The van der Waals surface area contributed by atoms with Crippen LogP contribution in [0, 0.1) is 0 Å². The average Bonchev–Trinajstić information content (AvgIpc) is 3.00. The highest BCUT2D eigenvalue weighted by molar-refractivity contribution is 5.93. The minimum absolute atomic E-state index is 0.173. The van der Waals surface area contributed by atoms with Crippen molar-refractivity contribution in [1.29, 1.82) is 0 Å². The van der Waals surface area contributed by atoms with E-state index in [4.69, 9.17) is 9.47 Å². The molecule has 8 heteroatoms. The number of rotatable bonds is 6. The minimum Gasteiger partial charge on any atom is -0.481 e. The number of ether oxygens (including phenoxy) is 2. The van der Waals surface area contributed by atoms with Crippen molar-refractivity contribution in [3.63, 3.8) is 0 Å². The Morgan fingerprint density at radius 1 is 1.48 bits per heavy atom. The first-order valence-corrected chi connectivity index (χ1v) is 7.20. The molecule has 0 aliphatic carbocycles. The molecule has 0 spiro atoms. The van der Waals surface area contributed by atoms with Crippen molar-refractivity contribution in [2.45, 2.75) is 31.3 Å². The van der Waals surface area contributed by atoms with E-state index in [0.29, 0.717) is 24.3 Å². The molecule has 2 rings (SSSR count). The van der Waals surface area contributed by atoms with Crippen molar-refractivity contribution in [2.75, 3.05) is 14.2 Å². The Bertz CT molecular complexity index is 605. The maximum Gasteiger partial charge on any atom is 0.328 e. The lowest BCUT2D eigenvalue weighted by Crippen LogP contribution is -2.50. The molecule has 2 amide bonds. The van der Waals surface area contributed by atoms with Gasteiger partial charge in [-0.05, 0) is 12.5 Å². The fraction of sp³-hybridized carbons (Fsp3) is 0.467. The number of amides is 2. The van der Waals surface area contributed by atoms with Crippen molar-refractivity contribution in [3.05, 3.63) is 23.9 Å². The molecule has 0 bridgehead atoms. The largest absolute Gasteiger partial charge is 0.481 e. The van der Waals surface area contributed by atoms with Gasteiger partial charge in [0.2, 0.25) is 17.7 Å². The third-order valence-electron chi connectivity index (χ3n) is 3.58. The summed E-state index contributed by atoms with van der Waals surface area (Å²) in [6.07, 6.45) is 2.46. The topological polar surface area (TPSA) is 107 Å². The van der Waals surface area contributed by atoms with E-state index in [9.17, 15) is 14.4 Å². The molecule has 0 saturated carbocycles. The zero-order valence-corrected chi connectivity index (χ0v) is 13.0. The number of pyridine rings is 1. The fourth-order valence-corrected chi connectivity index (χ4v) is 2.40. The van der Waals surface area contributed by atoms with Gasteiger partial charge in [-0.2, -0.15) is 0 Å². The number of hydrogen-bond donors (Lipinski definition) is 2. The van der Waals surface area contributed by atoms with Gasteiger partial charge in [0.05, 0.1) is 14.2 Å². The average molecular weight is 321 g/mol. The van der Waals surface area contributed by atoms with Crippen LogP contribution in [0.4, 0.5) is 0 Å². The van der Waals surface area contributed by atoms with Crippen LogP contribution in [0.3, 0.4) is 0 Å². The zero-order chi connectivity index (χ0) is 16.8. The summed E-state index contributed by atoms with van der Waals surface area (Å²) >= 11 is 0. The lowest BCUT2D eigenvalue weighted by atomic mass is 10.1. The van der Waals surface area contributed by atoms with Crippen LogP contribution in [0.1, 0.15) is 18.4 Å². The van der Waals surface area contributed by atoms with Gasteiger partial charge in [-0.25, -0.2) is 9.78 Å². The van der Waals surface area contributed by atoms with Crippen LogP contribution in [0.15, 0.2) is 18.3 Å². The van der Waals surface area contributed by atoms with Crippen LogP contribution in [-0.2, 0) is 25.5 Å². The molecular weight excluding hydrogens is 302 g/mol. The summed E-state index contributed by atoms with van der Waals surface area (Å²) in [7, 11) is 2.73. The first kappa shape index (κ1) is 16.7. The van der Waals surface area contributed by atoms with E-state index < -0.39 is 24.0 Å². The van der Waals surface area contributed by atoms with E-state index in [1.807, 2.05) is 0 Å². The minimum atomic E-state index is -0.886. The van der Waals surface area contributed by atoms with Crippen molar-refractivity contribution < 1.29 is 23.9 Å². The lowest BCUT2D eigenvalue weighted by Gasteiger charge is -2.19. The highest BCUT2D eigenvalue weighted by Crippen LogP contribution is 2.16. The number of carbonyl (C=O) groups excluding carboxylic acids is 3. The third kappa shape index (κ3) is 4.18. The molecule has 1 fully saturated rings. The summed E-state index contributed by atoms with van der Waals surface area (Å²) in [5.74, 6) is -0.777. The Kier molecular flexibility index (Phi) is 5.51. The van der Waals surface area contributed by atoms with Crippen molar-refractivity contribution in [2.24, 2.45) is 0 Å². The summed E-state index contributed by atoms with van der Waals surface area (Å²) < 4.78 is 9.89. The van der Waals surface area contributed by atoms with Crippen LogP contribution in [-0.4, -0.2) is 49.1 Å². The van der Waals surface area contributed by atoms with Gasteiger partial charge < -0.3 is 20.1 Å². The third-order valence-corrected chi connectivity index (χ3v) is 3.58. The number of carbonyl (C=O) groups is 3. The summed E-state index contributed by atoms with van der Waals surface area (Å²) in [6, 6.07) is 1.96. The number of hydrogen-bond acceptors (Lipinski definition) is 6. The summed E-state index contributed by atoms with van der Waals surface area (Å²) in [5, 5.41) is 5.18. The normalized spacial score (nSPS) is 18.0. The van der Waals surface area contributed by atoms with Gasteiger partial charge in [-0.1, -0.05) is 6.07 Å². The Morgan fingerprint density at radius 2 is 2.26 bits per heavy atom. The number of nitrogens with zero attached hydrogens (tertiary/aromatic N) is 1. The second-order valence-electron chi connectivity index (χ2n) is 5.12. The van der Waals surface area contributed by atoms with Crippen molar-refractivity contribution >= 4 is 17.8 Å². The van der Waals surface area contributed by atoms with Crippen molar-refractivity contribution in [3.8, 4) is 5.88 Å². The first-order valence-electron chi connectivity index (χ1n) is 7.20. The monoisotopic (exact) mass is 321 g/mol. The number of aromatic nitrogens is 1.